The Kier molecular flexibility index (Phi) is 8.97. The lowest BCUT2D eigenvalue weighted by molar-refractivity contribution is 0.0955. The van der Waals surface area contributed by atoms with E-state index in [0.29, 0.717) is 23.8 Å². The van der Waals surface area contributed by atoms with Crippen LogP contribution in [0.25, 0.3) is 0 Å². The molecule has 0 aliphatic carbocycles. The number of hydrogen-bond donors (Lipinski definition) is 1. The first-order chi connectivity index (χ1) is 15.0. The molecular weight excluding hydrogens is 642 g/mol. The monoisotopic (exact) mass is 660 g/mol. The van der Waals surface area contributed by atoms with Crippen LogP contribution in [0.15, 0.2) is 65.8 Å². The van der Waals surface area contributed by atoms with Gasteiger partial charge in [0.2, 0.25) is 0 Å². The summed E-state index contributed by atoms with van der Waals surface area (Å²) in [6.07, 6.45) is 1.61. The number of hydrazone groups is 1. The highest BCUT2D eigenvalue weighted by Gasteiger charge is 2.09. The summed E-state index contributed by atoms with van der Waals surface area (Å²) in [5.41, 5.74) is 4.96. The number of nitrogens with one attached hydrogen (secondary N) is 1. The zero-order valence-corrected chi connectivity index (χ0v) is 21.6. The second-order valence-electron chi connectivity index (χ2n) is 6.39. The Morgan fingerprint density at radius 3 is 2.29 bits per heavy atom. The van der Waals surface area contributed by atoms with E-state index in [1.165, 1.54) is 0 Å². The van der Waals surface area contributed by atoms with Crippen molar-refractivity contribution >= 4 is 68.9 Å². The fourth-order valence-corrected chi connectivity index (χ4v) is 4.88. The Hall–Kier alpha value is -1.85. The third-order valence-corrected chi connectivity index (χ3v) is 5.98. The van der Waals surface area contributed by atoms with E-state index in [-0.39, 0.29) is 5.91 Å². The van der Waals surface area contributed by atoms with Crippen LogP contribution >= 0.6 is 56.8 Å². The number of hydrogen-bond acceptors (Lipinski definition) is 4. The van der Waals surface area contributed by atoms with Crippen LogP contribution in [0.1, 0.15) is 28.4 Å². The zero-order valence-electron chi connectivity index (χ0n) is 16.6. The minimum absolute atomic E-state index is 0.286. The van der Waals surface area contributed by atoms with E-state index in [1.54, 1.807) is 30.5 Å². The second-order valence-corrected chi connectivity index (χ2v) is 9.15. The van der Waals surface area contributed by atoms with Gasteiger partial charge in [-0.3, -0.25) is 4.79 Å². The maximum absolute atomic E-state index is 12.2. The molecule has 0 spiro atoms. The van der Waals surface area contributed by atoms with Crippen LogP contribution in [0.3, 0.4) is 0 Å². The van der Waals surface area contributed by atoms with Crippen LogP contribution in [0, 0.1) is 7.14 Å². The Morgan fingerprint density at radius 2 is 1.68 bits per heavy atom. The molecular formula is C23H19ClI2N2O3. The van der Waals surface area contributed by atoms with Gasteiger partial charge in [0.1, 0.15) is 18.1 Å². The summed E-state index contributed by atoms with van der Waals surface area (Å²) in [5.74, 6) is 1.25. The molecule has 5 nitrogen and oxygen atoms in total. The number of ether oxygens (including phenoxy) is 2. The molecule has 3 aromatic rings. The van der Waals surface area contributed by atoms with E-state index >= 15 is 0 Å². The molecule has 0 atom stereocenters. The largest absolute Gasteiger partial charge is 0.494 e. The highest BCUT2D eigenvalue weighted by Crippen LogP contribution is 2.29. The molecule has 0 aliphatic heterocycles. The van der Waals surface area contributed by atoms with Crippen LogP contribution in [0.5, 0.6) is 11.5 Å². The quantitative estimate of drug-likeness (QED) is 0.176. The van der Waals surface area contributed by atoms with Crippen LogP contribution in [-0.4, -0.2) is 18.7 Å². The number of benzene rings is 3. The van der Waals surface area contributed by atoms with Gasteiger partial charge in [0.15, 0.2) is 0 Å². The van der Waals surface area contributed by atoms with Gasteiger partial charge < -0.3 is 9.47 Å². The molecule has 8 heteroatoms. The Morgan fingerprint density at radius 1 is 1.03 bits per heavy atom. The van der Waals surface area contributed by atoms with Gasteiger partial charge in [-0.2, -0.15) is 5.10 Å². The van der Waals surface area contributed by atoms with Crippen molar-refractivity contribution in [3.8, 4) is 11.5 Å². The van der Waals surface area contributed by atoms with Gasteiger partial charge in [-0.25, -0.2) is 5.43 Å². The van der Waals surface area contributed by atoms with Gasteiger partial charge in [0.05, 0.1) is 20.0 Å². The molecule has 3 aromatic carbocycles. The predicted octanol–water partition coefficient (Wildman–Crippen LogP) is 6.29. The molecule has 0 fully saturated rings. The molecule has 0 heterocycles. The third-order valence-electron chi connectivity index (χ3n) is 4.12. The standard InChI is InChI=1S/C23H19ClI2N2O3/c1-2-30-19-9-5-17(6-10-19)23(29)28-27-13-16-11-20(25)22(21(26)12-16)31-14-15-3-7-18(24)8-4-15/h3-13H,2,14H2,1H3,(H,28,29)/b27-13+. The van der Waals surface area contributed by atoms with Gasteiger partial charge in [0.25, 0.3) is 5.91 Å². The maximum atomic E-state index is 12.2. The van der Waals surface area contributed by atoms with Crippen molar-refractivity contribution in [2.24, 2.45) is 5.10 Å². The van der Waals surface area contributed by atoms with Gasteiger partial charge in [-0.15, -0.1) is 0 Å². The first-order valence-electron chi connectivity index (χ1n) is 9.39. The summed E-state index contributed by atoms with van der Waals surface area (Å²) in [5, 5.41) is 4.77. The number of carbonyl (C=O) groups is 1. The van der Waals surface area contributed by atoms with E-state index in [1.807, 2.05) is 43.3 Å². The van der Waals surface area contributed by atoms with Crippen LogP contribution in [0.2, 0.25) is 5.02 Å². The fraction of sp³-hybridized carbons (Fsp3) is 0.130. The summed E-state index contributed by atoms with van der Waals surface area (Å²) in [6, 6.07) is 18.4. The number of nitrogens with zero attached hydrogens (tertiary/aromatic N) is 1. The lowest BCUT2D eigenvalue weighted by Gasteiger charge is -2.11. The Bertz CT molecular complexity index is 1050. The predicted molar refractivity (Wildman–Crippen MR) is 140 cm³/mol. The van der Waals surface area contributed by atoms with Gasteiger partial charge in [-0.1, -0.05) is 23.7 Å². The smallest absolute Gasteiger partial charge is 0.271 e. The summed E-state index contributed by atoms with van der Waals surface area (Å²) in [6.45, 7) is 2.95. The Labute approximate surface area is 213 Å². The van der Waals surface area contributed by atoms with Crippen LogP contribution in [0.4, 0.5) is 0 Å². The molecule has 1 N–H and O–H groups in total. The average Bonchev–Trinajstić information content (AvgIpc) is 2.75. The van der Waals surface area contributed by atoms with Crippen molar-refractivity contribution < 1.29 is 14.3 Å². The molecule has 3 rings (SSSR count). The van der Waals surface area contributed by atoms with Gasteiger partial charge >= 0.3 is 0 Å². The molecule has 0 saturated heterocycles. The number of amides is 1. The minimum Gasteiger partial charge on any atom is -0.494 e. The molecule has 160 valence electrons. The lowest BCUT2D eigenvalue weighted by Crippen LogP contribution is -2.17. The number of carbonyl (C=O) groups excluding carboxylic acids is 1. The third kappa shape index (κ3) is 7.08. The van der Waals surface area contributed by atoms with Gasteiger partial charge in [-0.05, 0) is 112 Å². The highest BCUT2D eigenvalue weighted by molar-refractivity contribution is 14.1. The molecule has 0 radical (unpaired) electrons. The molecule has 0 aliphatic rings. The molecule has 31 heavy (non-hydrogen) atoms. The molecule has 1 amide bonds. The van der Waals surface area contributed by atoms with E-state index in [9.17, 15) is 4.79 Å². The summed E-state index contributed by atoms with van der Waals surface area (Å²) in [7, 11) is 0. The zero-order chi connectivity index (χ0) is 22.2. The summed E-state index contributed by atoms with van der Waals surface area (Å²) < 4.78 is 13.3. The number of halogens is 3. The number of rotatable bonds is 8. The first-order valence-corrected chi connectivity index (χ1v) is 11.9. The van der Waals surface area contributed by atoms with Crippen molar-refractivity contribution in [1.29, 1.82) is 0 Å². The van der Waals surface area contributed by atoms with E-state index < -0.39 is 0 Å². The van der Waals surface area contributed by atoms with Crippen LogP contribution in [-0.2, 0) is 6.61 Å². The molecule has 0 bridgehead atoms. The molecule has 0 saturated carbocycles. The molecule has 0 aromatic heterocycles. The maximum Gasteiger partial charge on any atom is 0.271 e. The van der Waals surface area contributed by atoms with Crippen molar-refractivity contribution in [2.75, 3.05) is 6.61 Å². The molecule has 0 unspecified atom stereocenters. The minimum atomic E-state index is -0.286. The SMILES string of the molecule is CCOc1ccc(C(=O)N/N=C/c2cc(I)c(OCc3ccc(Cl)cc3)c(I)c2)cc1. The fourth-order valence-electron chi connectivity index (χ4n) is 2.63. The average molecular weight is 661 g/mol. The highest BCUT2D eigenvalue weighted by atomic mass is 127. The normalized spacial score (nSPS) is 10.8. The van der Waals surface area contributed by atoms with E-state index in [4.69, 9.17) is 21.1 Å². The topological polar surface area (TPSA) is 59.9 Å². The summed E-state index contributed by atoms with van der Waals surface area (Å²) in [4.78, 5) is 12.2. The van der Waals surface area contributed by atoms with E-state index in [0.717, 1.165) is 29.8 Å². The van der Waals surface area contributed by atoms with Crippen molar-refractivity contribution in [3.63, 3.8) is 0 Å². The van der Waals surface area contributed by atoms with Gasteiger partial charge in [0, 0.05) is 10.6 Å². The van der Waals surface area contributed by atoms with Crippen LogP contribution < -0.4 is 14.9 Å². The second kappa shape index (κ2) is 11.7. The lowest BCUT2D eigenvalue weighted by atomic mass is 10.2. The Balaban J connectivity index is 1.60. The van der Waals surface area contributed by atoms with Crippen molar-refractivity contribution in [2.45, 2.75) is 13.5 Å². The van der Waals surface area contributed by atoms with Crippen molar-refractivity contribution in [1.82, 2.24) is 5.43 Å². The first kappa shape index (κ1) is 23.8. The summed E-state index contributed by atoms with van der Waals surface area (Å²) >= 11 is 10.4. The van der Waals surface area contributed by atoms with E-state index in [2.05, 4.69) is 55.7 Å². The van der Waals surface area contributed by atoms with Crippen molar-refractivity contribution in [3.05, 3.63) is 89.5 Å².